The van der Waals surface area contributed by atoms with Crippen molar-refractivity contribution in [1.82, 2.24) is 20.4 Å². The van der Waals surface area contributed by atoms with E-state index in [0.717, 1.165) is 50.8 Å². The van der Waals surface area contributed by atoms with Crippen molar-refractivity contribution in [3.8, 4) is 5.75 Å². The Hall–Kier alpha value is -1.77. The lowest BCUT2D eigenvalue weighted by Crippen LogP contribution is -2.40. The van der Waals surface area contributed by atoms with Gasteiger partial charge in [0.15, 0.2) is 5.96 Å². The van der Waals surface area contributed by atoms with Crippen LogP contribution in [0.3, 0.4) is 0 Å². The highest BCUT2D eigenvalue weighted by molar-refractivity contribution is 14.0. The predicted molar refractivity (Wildman–Crippen MR) is 111 cm³/mol. The third kappa shape index (κ3) is 5.62. The van der Waals surface area contributed by atoms with Crippen molar-refractivity contribution in [3.05, 3.63) is 48.3 Å². The van der Waals surface area contributed by atoms with Gasteiger partial charge in [0, 0.05) is 45.0 Å². The number of aryl methyl sites for hydroxylation is 1. The summed E-state index contributed by atoms with van der Waals surface area (Å²) in [5.41, 5.74) is 1.28. The van der Waals surface area contributed by atoms with Gasteiger partial charge in [0.05, 0.1) is 6.61 Å². The number of benzene rings is 1. The lowest BCUT2D eigenvalue weighted by Gasteiger charge is -2.26. The predicted octanol–water partition coefficient (Wildman–Crippen LogP) is 2.62. The van der Waals surface area contributed by atoms with Crippen LogP contribution in [0.25, 0.3) is 0 Å². The second-order valence-corrected chi connectivity index (χ2v) is 5.87. The highest BCUT2D eigenvalue weighted by Gasteiger charge is 2.20. The highest BCUT2D eigenvalue weighted by Crippen LogP contribution is 2.32. The van der Waals surface area contributed by atoms with E-state index in [9.17, 15) is 0 Å². The van der Waals surface area contributed by atoms with Gasteiger partial charge in [-0.25, -0.2) is 0 Å². The van der Waals surface area contributed by atoms with Crippen LogP contribution in [0.2, 0.25) is 0 Å². The molecule has 0 saturated heterocycles. The van der Waals surface area contributed by atoms with E-state index in [4.69, 9.17) is 4.74 Å². The van der Waals surface area contributed by atoms with E-state index in [2.05, 4.69) is 32.9 Å². The van der Waals surface area contributed by atoms with Crippen LogP contribution in [-0.4, -0.2) is 42.5 Å². The third-order valence-electron chi connectivity index (χ3n) is 4.24. The maximum Gasteiger partial charge on any atom is 0.190 e. The van der Waals surface area contributed by atoms with Gasteiger partial charge in [0.1, 0.15) is 5.75 Å². The summed E-state index contributed by atoms with van der Waals surface area (Å²) in [4.78, 5) is 4.30. The normalized spacial score (nSPS) is 16.4. The van der Waals surface area contributed by atoms with Crippen molar-refractivity contribution < 1.29 is 4.74 Å². The molecule has 0 saturated carbocycles. The molecule has 2 N–H and O–H groups in total. The molecule has 1 unspecified atom stereocenters. The van der Waals surface area contributed by atoms with Gasteiger partial charge in [-0.05, 0) is 30.5 Å². The largest absolute Gasteiger partial charge is 0.493 e. The Morgan fingerprint density at radius 2 is 2.20 bits per heavy atom. The average Bonchev–Trinajstić information content (AvgIpc) is 3.14. The first kappa shape index (κ1) is 19.6. The second kappa shape index (κ2) is 10.3. The zero-order valence-electron chi connectivity index (χ0n) is 14.5. The molecule has 0 amide bonds. The van der Waals surface area contributed by atoms with Crippen LogP contribution in [0, 0.1) is 0 Å². The van der Waals surface area contributed by atoms with Crippen LogP contribution in [0.4, 0.5) is 0 Å². The molecule has 7 heteroatoms. The van der Waals surface area contributed by atoms with Crippen molar-refractivity contribution in [2.24, 2.45) is 4.99 Å². The van der Waals surface area contributed by atoms with Crippen molar-refractivity contribution >= 4 is 29.9 Å². The molecule has 2 aromatic rings. The van der Waals surface area contributed by atoms with Crippen LogP contribution in [0.1, 0.15) is 24.3 Å². The van der Waals surface area contributed by atoms with Crippen molar-refractivity contribution in [3.63, 3.8) is 0 Å². The number of rotatable bonds is 6. The van der Waals surface area contributed by atoms with E-state index in [1.54, 1.807) is 13.2 Å². The summed E-state index contributed by atoms with van der Waals surface area (Å²) in [6.07, 6.45) is 5.82. The van der Waals surface area contributed by atoms with Gasteiger partial charge in [-0.1, -0.05) is 18.2 Å². The topological polar surface area (TPSA) is 63.5 Å². The maximum atomic E-state index is 5.72. The Balaban J connectivity index is 0.00000225. The Morgan fingerprint density at radius 3 is 3.00 bits per heavy atom. The van der Waals surface area contributed by atoms with Gasteiger partial charge in [-0.2, -0.15) is 5.10 Å². The summed E-state index contributed by atoms with van der Waals surface area (Å²) in [6.45, 7) is 3.41. The maximum absolute atomic E-state index is 5.72. The molecule has 0 radical (unpaired) electrons. The number of aromatic nitrogens is 2. The summed E-state index contributed by atoms with van der Waals surface area (Å²) >= 11 is 0. The van der Waals surface area contributed by atoms with E-state index >= 15 is 0 Å². The first-order valence-electron chi connectivity index (χ1n) is 8.50. The number of nitrogens with zero attached hydrogens (tertiary/aromatic N) is 3. The number of hydrogen-bond donors (Lipinski definition) is 2. The number of fused-ring (bicyclic) bond motifs is 1. The number of ether oxygens (including phenoxy) is 1. The fourth-order valence-electron chi connectivity index (χ4n) is 2.95. The summed E-state index contributed by atoms with van der Waals surface area (Å²) < 4.78 is 7.66. The molecule has 1 aromatic carbocycles. The highest BCUT2D eigenvalue weighted by atomic mass is 127. The van der Waals surface area contributed by atoms with Gasteiger partial charge in [-0.15, -0.1) is 24.0 Å². The molecule has 1 aliphatic heterocycles. The van der Waals surface area contributed by atoms with Crippen LogP contribution < -0.4 is 15.4 Å². The minimum atomic E-state index is 0. The summed E-state index contributed by atoms with van der Waals surface area (Å²) in [7, 11) is 1.81. The quantitative estimate of drug-likeness (QED) is 0.304. The SMILES string of the molecule is CN=C(NCCCn1cccn1)NCC1CCOc2ccccc21.I. The Kier molecular flexibility index (Phi) is 8.03. The monoisotopic (exact) mass is 455 g/mol. The second-order valence-electron chi connectivity index (χ2n) is 5.87. The lowest BCUT2D eigenvalue weighted by atomic mass is 9.93. The zero-order chi connectivity index (χ0) is 16.6. The van der Waals surface area contributed by atoms with Gasteiger partial charge in [-0.3, -0.25) is 9.67 Å². The van der Waals surface area contributed by atoms with Gasteiger partial charge >= 0.3 is 0 Å². The van der Waals surface area contributed by atoms with E-state index in [1.807, 2.05) is 29.1 Å². The fourth-order valence-corrected chi connectivity index (χ4v) is 2.95. The molecule has 25 heavy (non-hydrogen) atoms. The van der Waals surface area contributed by atoms with Crippen molar-refractivity contribution in [2.75, 3.05) is 26.7 Å². The van der Waals surface area contributed by atoms with Gasteiger partial charge < -0.3 is 15.4 Å². The van der Waals surface area contributed by atoms with E-state index in [-0.39, 0.29) is 24.0 Å². The standard InChI is InChI=1S/C18H25N5O.HI/c1-19-18(20-9-4-11-23-12-5-10-22-23)21-14-15-8-13-24-17-7-3-2-6-16(15)17;/h2-3,5-7,10,12,15H,4,8-9,11,13-14H2,1H3,(H2,19,20,21);1H. The number of hydrogen-bond acceptors (Lipinski definition) is 3. The van der Waals surface area contributed by atoms with E-state index < -0.39 is 0 Å². The van der Waals surface area contributed by atoms with Gasteiger partial charge in [0.2, 0.25) is 0 Å². The summed E-state index contributed by atoms with van der Waals surface area (Å²) in [5.74, 6) is 2.31. The molecule has 0 spiro atoms. The number of aliphatic imine (C=N–C) groups is 1. The van der Waals surface area contributed by atoms with Crippen molar-refractivity contribution in [2.45, 2.75) is 25.3 Å². The molecule has 136 valence electrons. The minimum Gasteiger partial charge on any atom is -0.493 e. The third-order valence-corrected chi connectivity index (χ3v) is 4.24. The molecule has 2 heterocycles. The molecule has 1 aliphatic rings. The van der Waals surface area contributed by atoms with Crippen LogP contribution >= 0.6 is 24.0 Å². The smallest absolute Gasteiger partial charge is 0.190 e. The molecule has 0 bridgehead atoms. The van der Waals surface area contributed by atoms with Crippen LogP contribution in [0.5, 0.6) is 5.75 Å². The molecular formula is C18H26IN5O. The van der Waals surface area contributed by atoms with Crippen molar-refractivity contribution in [1.29, 1.82) is 0 Å². The molecule has 6 nitrogen and oxygen atoms in total. The van der Waals surface area contributed by atoms with Gasteiger partial charge in [0.25, 0.3) is 0 Å². The number of para-hydroxylation sites is 1. The molecular weight excluding hydrogens is 429 g/mol. The van der Waals surface area contributed by atoms with Crippen LogP contribution in [0.15, 0.2) is 47.7 Å². The lowest BCUT2D eigenvalue weighted by molar-refractivity contribution is 0.267. The molecule has 0 fully saturated rings. The Labute approximate surface area is 166 Å². The average molecular weight is 455 g/mol. The molecule has 3 rings (SSSR count). The molecule has 1 atom stereocenters. The van der Waals surface area contributed by atoms with Crippen LogP contribution in [-0.2, 0) is 6.54 Å². The number of guanidine groups is 1. The minimum absolute atomic E-state index is 0. The van der Waals surface area contributed by atoms with E-state index in [1.165, 1.54) is 5.56 Å². The summed E-state index contributed by atoms with van der Waals surface area (Å²) in [5, 5.41) is 11.0. The molecule has 0 aliphatic carbocycles. The summed E-state index contributed by atoms with van der Waals surface area (Å²) in [6, 6.07) is 10.2. The first-order valence-corrected chi connectivity index (χ1v) is 8.50. The number of nitrogens with one attached hydrogen (secondary N) is 2. The first-order chi connectivity index (χ1) is 11.9. The zero-order valence-corrected chi connectivity index (χ0v) is 16.8. The van der Waals surface area contributed by atoms with E-state index in [0.29, 0.717) is 5.92 Å². The fraction of sp³-hybridized carbons (Fsp3) is 0.444. The number of halogens is 1. The molecule has 1 aromatic heterocycles. The Morgan fingerprint density at radius 1 is 1.32 bits per heavy atom. The Bertz CT molecular complexity index is 659.